The highest BCUT2D eigenvalue weighted by molar-refractivity contribution is 5.36. The number of fused-ring (bicyclic) bond motifs is 1. The normalized spacial score (nSPS) is 25.5. The van der Waals surface area contributed by atoms with Gasteiger partial charge in [0.15, 0.2) is 0 Å². The average Bonchev–Trinajstić information content (AvgIpc) is 3.02. The van der Waals surface area contributed by atoms with Crippen molar-refractivity contribution >= 4 is 0 Å². The van der Waals surface area contributed by atoms with Crippen molar-refractivity contribution in [3.05, 3.63) is 29.3 Å². The lowest BCUT2D eigenvalue weighted by molar-refractivity contribution is 0.0333. The number of aliphatic hydroxyl groups is 2. The van der Waals surface area contributed by atoms with Crippen molar-refractivity contribution in [2.24, 2.45) is 0 Å². The Morgan fingerprint density at radius 2 is 2.13 bits per heavy atom. The van der Waals surface area contributed by atoms with Crippen LogP contribution in [-0.2, 0) is 13.2 Å². The summed E-state index contributed by atoms with van der Waals surface area (Å²) >= 11 is 0. The molecular formula is C18H28N2O3. The molecule has 0 bridgehead atoms. The van der Waals surface area contributed by atoms with E-state index in [9.17, 15) is 10.2 Å². The molecule has 5 heteroatoms. The van der Waals surface area contributed by atoms with E-state index < -0.39 is 0 Å². The maximum absolute atomic E-state index is 9.51. The lowest BCUT2D eigenvalue weighted by atomic mass is 10.0. The van der Waals surface area contributed by atoms with Crippen LogP contribution in [0.5, 0.6) is 5.75 Å². The van der Waals surface area contributed by atoms with E-state index in [-0.39, 0.29) is 13.2 Å². The fraction of sp³-hybridized carbons (Fsp3) is 0.667. The Labute approximate surface area is 138 Å². The van der Waals surface area contributed by atoms with E-state index in [1.165, 1.54) is 24.9 Å². The van der Waals surface area contributed by atoms with E-state index in [4.69, 9.17) is 4.74 Å². The third-order valence-electron chi connectivity index (χ3n) is 5.27. The molecule has 1 aromatic carbocycles. The summed E-state index contributed by atoms with van der Waals surface area (Å²) in [6, 6.07) is 7.13. The minimum Gasteiger partial charge on any atom is -0.496 e. The van der Waals surface area contributed by atoms with E-state index in [0.717, 1.165) is 37.4 Å². The molecule has 0 aromatic heterocycles. The summed E-state index contributed by atoms with van der Waals surface area (Å²) in [6.07, 6.45) is 3.40. The first-order valence-corrected chi connectivity index (χ1v) is 8.60. The predicted octanol–water partition coefficient (Wildman–Crippen LogP) is 1.22. The number of hydrogen-bond donors (Lipinski definition) is 2. The van der Waals surface area contributed by atoms with Crippen LogP contribution in [0.15, 0.2) is 18.2 Å². The zero-order chi connectivity index (χ0) is 16.2. The van der Waals surface area contributed by atoms with Crippen LogP contribution < -0.4 is 4.74 Å². The summed E-state index contributed by atoms with van der Waals surface area (Å²) in [5.74, 6) is 0.740. The van der Waals surface area contributed by atoms with Crippen molar-refractivity contribution in [2.75, 3.05) is 33.4 Å². The van der Waals surface area contributed by atoms with Crippen LogP contribution in [0.25, 0.3) is 0 Å². The molecule has 5 nitrogen and oxygen atoms in total. The van der Waals surface area contributed by atoms with Crippen LogP contribution in [-0.4, -0.2) is 65.4 Å². The smallest absolute Gasteiger partial charge is 0.124 e. The maximum Gasteiger partial charge on any atom is 0.124 e. The fourth-order valence-corrected chi connectivity index (χ4v) is 4.05. The van der Waals surface area contributed by atoms with Crippen molar-refractivity contribution in [2.45, 2.75) is 44.5 Å². The molecule has 2 saturated heterocycles. The summed E-state index contributed by atoms with van der Waals surface area (Å²) in [5, 5.41) is 18.9. The number of benzene rings is 1. The van der Waals surface area contributed by atoms with Gasteiger partial charge in [0.1, 0.15) is 5.75 Å². The molecule has 3 rings (SSSR count). The van der Waals surface area contributed by atoms with Gasteiger partial charge in [-0.1, -0.05) is 6.07 Å². The van der Waals surface area contributed by atoms with Gasteiger partial charge in [0.05, 0.1) is 13.7 Å². The average molecular weight is 320 g/mol. The van der Waals surface area contributed by atoms with Crippen LogP contribution in [0.4, 0.5) is 0 Å². The van der Waals surface area contributed by atoms with Crippen LogP contribution in [0.3, 0.4) is 0 Å². The lowest BCUT2D eigenvalue weighted by Crippen LogP contribution is -2.55. The highest BCUT2D eigenvalue weighted by atomic mass is 16.5. The highest BCUT2D eigenvalue weighted by Gasteiger charge is 2.35. The molecule has 0 radical (unpaired) electrons. The van der Waals surface area contributed by atoms with Crippen LogP contribution in [0.2, 0.25) is 0 Å². The van der Waals surface area contributed by atoms with Gasteiger partial charge in [-0.05, 0) is 43.5 Å². The third kappa shape index (κ3) is 3.69. The molecule has 0 amide bonds. The number of nitrogens with zero attached hydrogens (tertiary/aromatic N) is 2. The quantitative estimate of drug-likeness (QED) is 0.825. The van der Waals surface area contributed by atoms with Gasteiger partial charge in [0.25, 0.3) is 0 Å². The van der Waals surface area contributed by atoms with Crippen molar-refractivity contribution in [3.63, 3.8) is 0 Å². The zero-order valence-electron chi connectivity index (χ0n) is 13.9. The van der Waals surface area contributed by atoms with Crippen LogP contribution >= 0.6 is 0 Å². The number of rotatable bonds is 6. The van der Waals surface area contributed by atoms with E-state index in [1.54, 1.807) is 7.11 Å². The van der Waals surface area contributed by atoms with Crippen LogP contribution in [0, 0.1) is 0 Å². The topological polar surface area (TPSA) is 56.2 Å². The molecular weight excluding hydrogens is 292 g/mol. The first-order valence-electron chi connectivity index (χ1n) is 8.60. The second-order valence-corrected chi connectivity index (χ2v) is 6.69. The first-order chi connectivity index (χ1) is 11.2. The maximum atomic E-state index is 9.51. The predicted molar refractivity (Wildman–Crippen MR) is 89.4 cm³/mol. The van der Waals surface area contributed by atoms with Crippen molar-refractivity contribution < 1.29 is 14.9 Å². The monoisotopic (exact) mass is 320 g/mol. The summed E-state index contributed by atoms with van der Waals surface area (Å²) in [5.41, 5.74) is 2.03. The van der Waals surface area contributed by atoms with Crippen molar-refractivity contribution in [3.8, 4) is 5.75 Å². The number of piperazine rings is 1. The van der Waals surface area contributed by atoms with E-state index in [2.05, 4.69) is 15.9 Å². The molecule has 0 saturated carbocycles. The molecule has 0 unspecified atom stereocenters. The Kier molecular flexibility index (Phi) is 5.54. The Bertz CT molecular complexity index is 523. The summed E-state index contributed by atoms with van der Waals surface area (Å²) in [4.78, 5) is 5.09. The largest absolute Gasteiger partial charge is 0.496 e. The van der Waals surface area contributed by atoms with Gasteiger partial charge in [0, 0.05) is 43.9 Å². The van der Waals surface area contributed by atoms with Crippen molar-refractivity contribution in [1.29, 1.82) is 0 Å². The summed E-state index contributed by atoms with van der Waals surface area (Å²) < 4.78 is 5.28. The second-order valence-electron chi connectivity index (χ2n) is 6.69. The van der Waals surface area contributed by atoms with Gasteiger partial charge >= 0.3 is 0 Å². The van der Waals surface area contributed by atoms with Gasteiger partial charge < -0.3 is 14.9 Å². The molecule has 0 spiro atoms. The van der Waals surface area contributed by atoms with Gasteiger partial charge in [-0.2, -0.15) is 0 Å². The molecule has 1 aromatic rings. The number of hydrogen-bond acceptors (Lipinski definition) is 5. The number of ether oxygens (including phenoxy) is 1. The van der Waals surface area contributed by atoms with Gasteiger partial charge in [-0.3, -0.25) is 9.80 Å². The number of aliphatic hydroxyl groups excluding tert-OH is 2. The van der Waals surface area contributed by atoms with Gasteiger partial charge in [-0.15, -0.1) is 0 Å². The minimum absolute atomic E-state index is 0.00646. The van der Waals surface area contributed by atoms with Gasteiger partial charge in [-0.25, -0.2) is 0 Å². The molecule has 0 aliphatic carbocycles. The Morgan fingerprint density at radius 3 is 2.87 bits per heavy atom. The first kappa shape index (κ1) is 16.7. The van der Waals surface area contributed by atoms with Crippen molar-refractivity contribution in [1.82, 2.24) is 9.80 Å². The van der Waals surface area contributed by atoms with Gasteiger partial charge in [0.2, 0.25) is 0 Å². The fourth-order valence-electron chi connectivity index (χ4n) is 4.05. The molecule has 2 aliphatic rings. The molecule has 2 heterocycles. The van der Waals surface area contributed by atoms with Crippen LogP contribution in [0.1, 0.15) is 30.4 Å². The molecule has 2 N–H and O–H groups in total. The number of methoxy groups -OCH3 is 1. The molecule has 128 valence electrons. The summed E-state index contributed by atoms with van der Waals surface area (Å²) in [7, 11) is 1.63. The SMILES string of the molecule is COc1ccc(CN2C[C@H]3CCCN3C[C@@H]2CCO)cc1CO. The molecule has 2 fully saturated rings. The molecule has 23 heavy (non-hydrogen) atoms. The Balaban J connectivity index is 1.73. The second kappa shape index (κ2) is 7.62. The lowest BCUT2D eigenvalue weighted by Gasteiger charge is -2.43. The molecule has 2 atom stereocenters. The minimum atomic E-state index is -0.00646. The Morgan fingerprint density at radius 1 is 1.26 bits per heavy atom. The molecule has 2 aliphatic heterocycles. The standard InChI is InChI=1S/C18H28N2O3/c1-23-18-5-4-14(9-15(18)13-22)10-20-12-16-3-2-7-19(16)11-17(20)6-8-21/h4-5,9,16-17,21-22H,2-3,6-8,10-13H2,1H3/t16-,17+/m1/s1. The Hall–Kier alpha value is -1.14. The van der Waals surface area contributed by atoms with E-state index in [1.807, 2.05) is 12.1 Å². The summed E-state index contributed by atoms with van der Waals surface area (Å²) in [6.45, 7) is 4.45. The van der Waals surface area contributed by atoms with E-state index in [0.29, 0.717) is 12.1 Å². The highest BCUT2D eigenvalue weighted by Crippen LogP contribution is 2.28. The zero-order valence-corrected chi connectivity index (χ0v) is 13.9. The van der Waals surface area contributed by atoms with E-state index >= 15 is 0 Å². The third-order valence-corrected chi connectivity index (χ3v) is 5.27.